The average Bonchev–Trinajstić information content (AvgIpc) is 3.13. The third-order valence-electron chi connectivity index (χ3n) is 5.00. The predicted molar refractivity (Wildman–Crippen MR) is 113 cm³/mol. The van der Waals surface area contributed by atoms with Crippen LogP contribution >= 0.6 is 11.6 Å². The summed E-state index contributed by atoms with van der Waals surface area (Å²) in [6, 6.07) is 13.5. The maximum absolute atomic E-state index is 12.3. The van der Waals surface area contributed by atoms with Crippen LogP contribution in [0.5, 0.6) is 5.75 Å². The predicted octanol–water partition coefficient (Wildman–Crippen LogP) is 4.08. The number of carbonyl (C=O) groups excluding carboxylic acids is 1. The molecular weight excluding hydrogens is 386 g/mol. The molecule has 0 bridgehead atoms. The first-order chi connectivity index (χ1) is 14.0. The Balaban J connectivity index is 1.44. The van der Waals surface area contributed by atoms with E-state index < -0.39 is 0 Å². The van der Waals surface area contributed by atoms with Crippen molar-refractivity contribution in [3.63, 3.8) is 0 Å². The molecule has 29 heavy (non-hydrogen) atoms. The maximum Gasteiger partial charge on any atom is 0.224 e. The molecule has 3 aromatic rings. The summed E-state index contributed by atoms with van der Waals surface area (Å²) in [5.41, 5.74) is 5.45. The molecule has 0 saturated heterocycles. The van der Waals surface area contributed by atoms with E-state index in [1.54, 1.807) is 12.3 Å². The molecule has 0 fully saturated rings. The number of amides is 1. The molecule has 1 aromatic heterocycles. The smallest absolute Gasteiger partial charge is 0.224 e. The van der Waals surface area contributed by atoms with Gasteiger partial charge in [-0.15, -0.1) is 0 Å². The number of carbonyl (C=O) groups is 1. The van der Waals surface area contributed by atoms with Gasteiger partial charge in [0.15, 0.2) is 0 Å². The van der Waals surface area contributed by atoms with Crippen molar-refractivity contribution < 1.29 is 9.53 Å². The molecule has 1 aliphatic heterocycles. The normalized spacial score (nSPS) is 14.9. The standard InChI is InChI=1S/C23H22ClN3O2/c1-14-12-25-15(2)22(27-14)19-8-5-7-17-10-18(29-23(17)19)13-26-21(28)11-16-6-3-4-9-20(16)24/h3-9,12,18H,10-11,13H2,1-2H3,(H,26,28)/t18-/m0/s1. The molecule has 1 atom stereocenters. The van der Waals surface area contributed by atoms with E-state index in [4.69, 9.17) is 16.3 Å². The van der Waals surface area contributed by atoms with Crippen LogP contribution in [0.4, 0.5) is 0 Å². The zero-order valence-corrected chi connectivity index (χ0v) is 17.2. The van der Waals surface area contributed by atoms with Crippen LogP contribution in [0, 0.1) is 13.8 Å². The molecule has 2 heterocycles. The van der Waals surface area contributed by atoms with Gasteiger partial charge in [0.25, 0.3) is 0 Å². The lowest BCUT2D eigenvalue weighted by Crippen LogP contribution is -2.35. The number of hydrogen-bond donors (Lipinski definition) is 1. The minimum atomic E-state index is -0.112. The number of nitrogens with one attached hydrogen (secondary N) is 1. The molecule has 2 aromatic carbocycles. The van der Waals surface area contributed by atoms with Crippen LogP contribution in [0.15, 0.2) is 48.7 Å². The highest BCUT2D eigenvalue weighted by atomic mass is 35.5. The van der Waals surface area contributed by atoms with Crippen molar-refractivity contribution in [1.82, 2.24) is 15.3 Å². The van der Waals surface area contributed by atoms with Crippen molar-refractivity contribution in [1.29, 1.82) is 0 Å². The number of nitrogens with zero attached hydrogens (tertiary/aromatic N) is 2. The van der Waals surface area contributed by atoms with Crippen LogP contribution in [-0.4, -0.2) is 28.5 Å². The number of benzene rings is 2. The molecule has 0 radical (unpaired) electrons. The zero-order chi connectivity index (χ0) is 20.4. The second-order valence-corrected chi connectivity index (χ2v) is 7.66. The van der Waals surface area contributed by atoms with Gasteiger partial charge in [0.05, 0.1) is 30.0 Å². The summed E-state index contributed by atoms with van der Waals surface area (Å²) in [7, 11) is 0. The number of hydrogen-bond acceptors (Lipinski definition) is 4. The number of rotatable bonds is 5. The minimum absolute atomic E-state index is 0.0710. The Labute approximate surface area is 175 Å². The van der Waals surface area contributed by atoms with Crippen molar-refractivity contribution in [3.8, 4) is 17.0 Å². The van der Waals surface area contributed by atoms with Gasteiger partial charge >= 0.3 is 0 Å². The lowest BCUT2D eigenvalue weighted by atomic mass is 10.0. The quantitative estimate of drug-likeness (QED) is 0.692. The Morgan fingerprint density at radius 2 is 2.03 bits per heavy atom. The number of aromatic nitrogens is 2. The Hall–Kier alpha value is -2.92. The molecule has 1 N–H and O–H groups in total. The van der Waals surface area contributed by atoms with E-state index in [1.165, 1.54) is 0 Å². The van der Waals surface area contributed by atoms with Gasteiger partial charge in [-0.2, -0.15) is 0 Å². The Kier molecular flexibility index (Phi) is 5.49. The van der Waals surface area contributed by atoms with Crippen LogP contribution < -0.4 is 10.1 Å². The summed E-state index contributed by atoms with van der Waals surface area (Å²) >= 11 is 6.14. The van der Waals surface area contributed by atoms with Gasteiger partial charge in [-0.25, -0.2) is 4.98 Å². The zero-order valence-electron chi connectivity index (χ0n) is 16.4. The topological polar surface area (TPSA) is 64.1 Å². The first-order valence-corrected chi connectivity index (χ1v) is 9.98. The van der Waals surface area contributed by atoms with Gasteiger partial charge in [0.2, 0.25) is 5.91 Å². The van der Waals surface area contributed by atoms with Crippen molar-refractivity contribution in [2.45, 2.75) is 32.8 Å². The van der Waals surface area contributed by atoms with Gasteiger partial charge in [-0.1, -0.05) is 41.9 Å². The third kappa shape index (κ3) is 4.25. The third-order valence-corrected chi connectivity index (χ3v) is 5.36. The fourth-order valence-corrected chi connectivity index (χ4v) is 3.74. The molecule has 0 spiro atoms. The van der Waals surface area contributed by atoms with E-state index in [2.05, 4.69) is 21.4 Å². The van der Waals surface area contributed by atoms with Crippen molar-refractivity contribution in [2.75, 3.05) is 6.54 Å². The molecule has 148 valence electrons. The molecule has 1 aliphatic rings. The second-order valence-electron chi connectivity index (χ2n) is 7.26. The minimum Gasteiger partial charge on any atom is -0.487 e. The highest BCUT2D eigenvalue weighted by Gasteiger charge is 2.27. The van der Waals surface area contributed by atoms with Crippen LogP contribution in [0.25, 0.3) is 11.3 Å². The Morgan fingerprint density at radius 3 is 2.86 bits per heavy atom. The summed E-state index contributed by atoms with van der Waals surface area (Å²) in [5.74, 6) is 0.763. The van der Waals surface area contributed by atoms with E-state index >= 15 is 0 Å². The maximum atomic E-state index is 12.3. The largest absolute Gasteiger partial charge is 0.487 e. The summed E-state index contributed by atoms with van der Waals surface area (Å²) < 4.78 is 6.20. The van der Waals surface area contributed by atoms with E-state index in [-0.39, 0.29) is 18.4 Å². The molecular formula is C23H22ClN3O2. The monoisotopic (exact) mass is 407 g/mol. The summed E-state index contributed by atoms with van der Waals surface area (Å²) in [5, 5.41) is 3.57. The number of para-hydroxylation sites is 1. The van der Waals surface area contributed by atoms with Crippen molar-refractivity contribution >= 4 is 17.5 Å². The van der Waals surface area contributed by atoms with Crippen LogP contribution in [-0.2, 0) is 17.6 Å². The van der Waals surface area contributed by atoms with E-state index in [1.807, 2.05) is 44.2 Å². The highest BCUT2D eigenvalue weighted by Crippen LogP contribution is 2.38. The van der Waals surface area contributed by atoms with E-state index in [9.17, 15) is 4.79 Å². The lowest BCUT2D eigenvalue weighted by molar-refractivity contribution is -0.120. The van der Waals surface area contributed by atoms with Crippen molar-refractivity contribution in [3.05, 3.63) is 76.2 Å². The molecule has 0 aliphatic carbocycles. The van der Waals surface area contributed by atoms with Gasteiger partial charge in [-0.05, 0) is 37.1 Å². The van der Waals surface area contributed by atoms with Gasteiger partial charge in [-0.3, -0.25) is 9.78 Å². The summed E-state index contributed by atoms with van der Waals surface area (Å²) in [4.78, 5) is 21.4. The van der Waals surface area contributed by atoms with Crippen LogP contribution in [0.1, 0.15) is 22.5 Å². The van der Waals surface area contributed by atoms with E-state index in [0.717, 1.165) is 45.9 Å². The molecule has 0 saturated carbocycles. The first kappa shape index (κ1) is 19.4. The SMILES string of the molecule is Cc1cnc(C)c(-c2cccc3c2O[C@H](CNC(=O)Cc2ccccc2Cl)C3)n1. The number of halogens is 1. The van der Waals surface area contributed by atoms with Gasteiger partial charge < -0.3 is 10.1 Å². The molecule has 1 amide bonds. The highest BCUT2D eigenvalue weighted by molar-refractivity contribution is 6.31. The first-order valence-electron chi connectivity index (χ1n) is 9.60. The Morgan fingerprint density at radius 1 is 1.21 bits per heavy atom. The second kappa shape index (κ2) is 8.21. The Bertz CT molecular complexity index is 1070. The van der Waals surface area contributed by atoms with Gasteiger partial charge in [0.1, 0.15) is 11.9 Å². The van der Waals surface area contributed by atoms with Crippen LogP contribution in [0.3, 0.4) is 0 Å². The number of ether oxygens (including phenoxy) is 1. The molecule has 4 rings (SSSR count). The number of aryl methyl sites for hydroxylation is 2. The molecule has 5 nitrogen and oxygen atoms in total. The summed E-state index contributed by atoms with van der Waals surface area (Å²) in [6.45, 7) is 4.32. The molecule has 6 heteroatoms. The van der Waals surface area contributed by atoms with E-state index in [0.29, 0.717) is 11.6 Å². The average molecular weight is 408 g/mol. The molecule has 0 unspecified atom stereocenters. The fourth-order valence-electron chi connectivity index (χ4n) is 3.54. The number of fused-ring (bicyclic) bond motifs is 1. The van der Waals surface area contributed by atoms with Gasteiger partial charge in [0, 0.05) is 23.2 Å². The summed E-state index contributed by atoms with van der Waals surface area (Å²) in [6.07, 6.45) is 2.65. The fraction of sp³-hybridized carbons (Fsp3) is 0.261. The lowest BCUT2D eigenvalue weighted by Gasteiger charge is -2.14. The van der Waals surface area contributed by atoms with Crippen LogP contribution in [0.2, 0.25) is 5.02 Å². The van der Waals surface area contributed by atoms with Crippen molar-refractivity contribution in [2.24, 2.45) is 0 Å².